The summed E-state index contributed by atoms with van der Waals surface area (Å²) in [6.45, 7) is 0.270. The summed E-state index contributed by atoms with van der Waals surface area (Å²) >= 11 is 0. The maximum Gasteiger partial charge on any atom is 0.307 e. The van der Waals surface area contributed by atoms with Crippen molar-refractivity contribution in [2.24, 2.45) is 0 Å². The number of hydrogen-bond donors (Lipinski definition) is 2. The summed E-state index contributed by atoms with van der Waals surface area (Å²) in [5.41, 5.74) is 1.51. The third kappa shape index (κ3) is 2.51. The zero-order valence-corrected chi connectivity index (χ0v) is 10.0. The van der Waals surface area contributed by atoms with Gasteiger partial charge in [-0.1, -0.05) is 6.07 Å². The number of benzene rings is 1. The molecule has 5 heteroatoms. The third-order valence-electron chi connectivity index (χ3n) is 2.68. The van der Waals surface area contributed by atoms with Gasteiger partial charge in [-0.25, -0.2) is 0 Å². The lowest BCUT2D eigenvalue weighted by atomic mass is 10.1. The third-order valence-corrected chi connectivity index (χ3v) is 2.68. The molecule has 0 aliphatic carbocycles. The van der Waals surface area contributed by atoms with Crippen LogP contribution in [-0.4, -0.2) is 30.5 Å². The molecule has 0 saturated heterocycles. The molecule has 2 aromatic rings. The van der Waals surface area contributed by atoms with Crippen molar-refractivity contribution in [3.63, 3.8) is 0 Å². The van der Waals surface area contributed by atoms with Crippen molar-refractivity contribution >= 4 is 22.8 Å². The second-order valence-electron chi connectivity index (χ2n) is 3.83. The topological polar surface area (TPSA) is 71.2 Å². The van der Waals surface area contributed by atoms with E-state index in [0.29, 0.717) is 5.56 Å². The standard InChI is InChI=1S/C13H14N2O3/c1-18-12(16)6-8-15-13(17)10-3-2-4-11-9(10)5-7-14-11/h2-5,7,14H,6,8H2,1H3,(H,15,17). The molecule has 0 atom stereocenters. The Labute approximate surface area is 104 Å². The number of amides is 1. The average molecular weight is 246 g/mol. The number of rotatable bonds is 4. The molecular weight excluding hydrogens is 232 g/mol. The molecule has 0 spiro atoms. The van der Waals surface area contributed by atoms with Gasteiger partial charge in [0.25, 0.3) is 5.91 Å². The normalized spacial score (nSPS) is 10.3. The Bertz CT molecular complexity index is 574. The highest BCUT2D eigenvalue weighted by atomic mass is 16.5. The Morgan fingerprint density at radius 1 is 1.33 bits per heavy atom. The zero-order chi connectivity index (χ0) is 13.0. The molecule has 5 nitrogen and oxygen atoms in total. The largest absolute Gasteiger partial charge is 0.469 e. The summed E-state index contributed by atoms with van der Waals surface area (Å²) in [5, 5.41) is 3.56. The number of carbonyl (C=O) groups excluding carboxylic acids is 2. The molecule has 2 N–H and O–H groups in total. The Kier molecular flexibility index (Phi) is 3.62. The number of esters is 1. The summed E-state index contributed by atoms with van der Waals surface area (Å²) in [5.74, 6) is -0.528. The molecule has 18 heavy (non-hydrogen) atoms. The fourth-order valence-corrected chi connectivity index (χ4v) is 1.76. The van der Waals surface area contributed by atoms with E-state index >= 15 is 0 Å². The van der Waals surface area contributed by atoms with E-state index in [9.17, 15) is 9.59 Å². The lowest BCUT2D eigenvalue weighted by Crippen LogP contribution is -2.26. The van der Waals surface area contributed by atoms with Crippen molar-refractivity contribution in [1.82, 2.24) is 10.3 Å². The van der Waals surface area contributed by atoms with Crippen molar-refractivity contribution < 1.29 is 14.3 Å². The maximum absolute atomic E-state index is 11.9. The van der Waals surface area contributed by atoms with E-state index in [0.717, 1.165) is 10.9 Å². The number of methoxy groups -OCH3 is 1. The lowest BCUT2D eigenvalue weighted by molar-refractivity contribution is -0.140. The van der Waals surface area contributed by atoms with Gasteiger partial charge in [-0.2, -0.15) is 0 Å². The average Bonchev–Trinajstić information content (AvgIpc) is 2.86. The van der Waals surface area contributed by atoms with E-state index in [1.165, 1.54) is 7.11 Å². The molecule has 0 fully saturated rings. The summed E-state index contributed by atoms with van der Waals surface area (Å²) in [4.78, 5) is 25.9. The second-order valence-corrected chi connectivity index (χ2v) is 3.83. The number of aromatic amines is 1. The zero-order valence-electron chi connectivity index (χ0n) is 10.0. The van der Waals surface area contributed by atoms with Gasteiger partial charge in [-0.05, 0) is 18.2 Å². The molecule has 1 heterocycles. The molecule has 0 saturated carbocycles. The summed E-state index contributed by atoms with van der Waals surface area (Å²) in [6, 6.07) is 7.32. The van der Waals surface area contributed by atoms with Crippen molar-refractivity contribution in [3.05, 3.63) is 36.0 Å². The van der Waals surface area contributed by atoms with Crippen LogP contribution in [0.4, 0.5) is 0 Å². The van der Waals surface area contributed by atoms with Crippen LogP contribution in [0.2, 0.25) is 0 Å². The second kappa shape index (κ2) is 5.35. The van der Waals surface area contributed by atoms with Crippen molar-refractivity contribution in [2.75, 3.05) is 13.7 Å². The molecular formula is C13H14N2O3. The number of H-pyrrole nitrogens is 1. The van der Waals surface area contributed by atoms with Gasteiger partial charge in [0.1, 0.15) is 0 Å². The van der Waals surface area contributed by atoms with Crippen molar-refractivity contribution in [2.45, 2.75) is 6.42 Å². The van der Waals surface area contributed by atoms with E-state index < -0.39 is 0 Å². The minimum absolute atomic E-state index is 0.172. The van der Waals surface area contributed by atoms with Crippen LogP contribution in [0.15, 0.2) is 30.5 Å². The smallest absolute Gasteiger partial charge is 0.307 e. The van der Waals surface area contributed by atoms with E-state index in [4.69, 9.17) is 0 Å². The summed E-state index contributed by atoms with van der Waals surface area (Å²) < 4.78 is 4.50. The molecule has 1 aromatic heterocycles. The van der Waals surface area contributed by atoms with Gasteiger partial charge in [0.2, 0.25) is 0 Å². The molecule has 0 aliphatic heterocycles. The SMILES string of the molecule is COC(=O)CCNC(=O)c1cccc2[nH]ccc12. The maximum atomic E-state index is 11.9. The van der Waals surface area contributed by atoms with Crippen LogP contribution in [0.3, 0.4) is 0 Å². The van der Waals surface area contributed by atoms with Crippen molar-refractivity contribution in [3.8, 4) is 0 Å². The Morgan fingerprint density at radius 2 is 2.17 bits per heavy atom. The van der Waals surface area contributed by atoms with Gasteiger partial charge in [0.05, 0.1) is 13.5 Å². The number of fused-ring (bicyclic) bond motifs is 1. The molecule has 0 unspecified atom stereocenters. The Hall–Kier alpha value is -2.30. The molecule has 1 aromatic carbocycles. The minimum atomic E-state index is -0.338. The number of carbonyl (C=O) groups is 2. The van der Waals surface area contributed by atoms with Crippen LogP contribution in [-0.2, 0) is 9.53 Å². The van der Waals surface area contributed by atoms with Gasteiger partial charge in [-0.3, -0.25) is 9.59 Å². The molecule has 94 valence electrons. The summed E-state index contributed by atoms with van der Waals surface area (Å²) in [6.07, 6.45) is 1.96. The fourth-order valence-electron chi connectivity index (χ4n) is 1.76. The molecule has 2 rings (SSSR count). The molecule has 0 aliphatic rings. The van der Waals surface area contributed by atoms with Crippen LogP contribution in [0.25, 0.3) is 10.9 Å². The van der Waals surface area contributed by atoms with E-state index in [1.54, 1.807) is 12.3 Å². The van der Waals surface area contributed by atoms with Gasteiger partial charge in [-0.15, -0.1) is 0 Å². The van der Waals surface area contributed by atoms with Crippen LogP contribution in [0.1, 0.15) is 16.8 Å². The first kappa shape index (κ1) is 12.2. The van der Waals surface area contributed by atoms with E-state index in [1.807, 2.05) is 18.2 Å². The predicted octanol–water partition coefficient (Wildman–Crippen LogP) is 1.46. The van der Waals surface area contributed by atoms with Gasteiger partial charge in [0.15, 0.2) is 0 Å². The highest BCUT2D eigenvalue weighted by Gasteiger charge is 2.10. The lowest BCUT2D eigenvalue weighted by Gasteiger charge is -2.05. The van der Waals surface area contributed by atoms with E-state index in [2.05, 4.69) is 15.0 Å². The highest BCUT2D eigenvalue weighted by Crippen LogP contribution is 2.16. The number of aromatic nitrogens is 1. The highest BCUT2D eigenvalue weighted by molar-refractivity contribution is 6.06. The van der Waals surface area contributed by atoms with Crippen molar-refractivity contribution in [1.29, 1.82) is 0 Å². The number of ether oxygens (including phenoxy) is 1. The molecule has 0 radical (unpaired) electrons. The van der Waals surface area contributed by atoms with Crippen LogP contribution in [0, 0.1) is 0 Å². The van der Waals surface area contributed by atoms with Gasteiger partial charge < -0.3 is 15.0 Å². The number of nitrogens with one attached hydrogen (secondary N) is 2. The first-order valence-electron chi connectivity index (χ1n) is 5.63. The molecule has 0 bridgehead atoms. The van der Waals surface area contributed by atoms with Crippen LogP contribution >= 0.6 is 0 Å². The van der Waals surface area contributed by atoms with Crippen LogP contribution in [0.5, 0.6) is 0 Å². The number of hydrogen-bond acceptors (Lipinski definition) is 3. The minimum Gasteiger partial charge on any atom is -0.469 e. The Morgan fingerprint density at radius 3 is 2.94 bits per heavy atom. The predicted molar refractivity (Wildman–Crippen MR) is 67.3 cm³/mol. The fraction of sp³-hybridized carbons (Fsp3) is 0.231. The monoisotopic (exact) mass is 246 g/mol. The van der Waals surface area contributed by atoms with Gasteiger partial charge >= 0.3 is 5.97 Å². The first-order valence-corrected chi connectivity index (χ1v) is 5.63. The quantitative estimate of drug-likeness (QED) is 0.802. The Balaban J connectivity index is 2.05. The first-order chi connectivity index (χ1) is 8.72. The van der Waals surface area contributed by atoms with E-state index in [-0.39, 0.29) is 24.8 Å². The van der Waals surface area contributed by atoms with Crippen LogP contribution < -0.4 is 5.32 Å². The summed E-state index contributed by atoms with van der Waals surface area (Å²) in [7, 11) is 1.32. The van der Waals surface area contributed by atoms with Gasteiger partial charge in [0, 0.05) is 29.2 Å². The molecule has 1 amide bonds.